The van der Waals surface area contributed by atoms with Gasteiger partial charge in [0, 0.05) is 13.2 Å². The van der Waals surface area contributed by atoms with E-state index in [1.165, 1.54) is 30.4 Å². The summed E-state index contributed by atoms with van der Waals surface area (Å²) in [6.45, 7) is 3.07. The maximum atomic E-state index is 4.55. The zero-order valence-electron chi connectivity index (χ0n) is 12.3. The van der Waals surface area contributed by atoms with E-state index in [1.807, 2.05) is 17.9 Å². The van der Waals surface area contributed by atoms with Crippen LogP contribution >= 0.6 is 0 Å². The molecule has 1 saturated carbocycles. The van der Waals surface area contributed by atoms with Crippen LogP contribution in [0.25, 0.3) is 0 Å². The fraction of sp³-hybridized carbons (Fsp3) is 0.471. The molecule has 1 aromatic carbocycles. The van der Waals surface area contributed by atoms with Crippen LogP contribution < -0.4 is 5.32 Å². The van der Waals surface area contributed by atoms with Gasteiger partial charge in [0.05, 0.1) is 11.7 Å². The van der Waals surface area contributed by atoms with Gasteiger partial charge < -0.3 is 5.32 Å². The molecule has 1 aliphatic carbocycles. The normalized spacial score (nSPS) is 16.9. The molecule has 1 aliphatic rings. The third-order valence-electron chi connectivity index (χ3n) is 4.28. The van der Waals surface area contributed by atoms with Crippen LogP contribution in [0.3, 0.4) is 0 Å². The van der Waals surface area contributed by atoms with Crippen LogP contribution in [0.5, 0.6) is 0 Å². The molecule has 1 unspecified atom stereocenters. The van der Waals surface area contributed by atoms with Gasteiger partial charge in [0.15, 0.2) is 0 Å². The number of nitrogens with zero attached hydrogens (tertiary/aromatic N) is 2. The Morgan fingerprint density at radius 1 is 1.25 bits per heavy atom. The molecule has 3 nitrogen and oxygen atoms in total. The minimum absolute atomic E-state index is 0.191. The SMILES string of the molecule is CCNC(c1ccc(C2CCC2)cc1)c1ccn(C)n1. The zero-order chi connectivity index (χ0) is 13.9. The zero-order valence-corrected chi connectivity index (χ0v) is 12.3. The first-order valence-corrected chi connectivity index (χ1v) is 7.60. The molecule has 1 N–H and O–H groups in total. The van der Waals surface area contributed by atoms with E-state index in [0.717, 1.165) is 18.2 Å². The van der Waals surface area contributed by atoms with Crippen molar-refractivity contribution in [2.24, 2.45) is 7.05 Å². The number of aryl methyl sites for hydroxylation is 1. The molecule has 106 valence electrons. The van der Waals surface area contributed by atoms with Gasteiger partial charge in [-0.15, -0.1) is 0 Å². The number of nitrogens with one attached hydrogen (secondary N) is 1. The molecule has 1 fully saturated rings. The molecule has 0 saturated heterocycles. The molecule has 2 aromatic rings. The van der Waals surface area contributed by atoms with E-state index in [0.29, 0.717) is 0 Å². The molecule has 3 rings (SSSR count). The van der Waals surface area contributed by atoms with Gasteiger partial charge in [0.1, 0.15) is 0 Å². The highest BCUT2D eigenvalue weighted by Crippen LogP contribution is 2.36. The second-order valence-electron chi connectivity index (χ2n) is 5.70. The minimum Gasteiger partial charge on any atom is -0.305 e. The second-order valence-corrected chi connectivity index (χ2v) is 5.70. The standard InChI is InChI=1S/C17H23N3/c1-3-18-17(16-11-12-20(2)19-16)15-9-7-14(8-10-15)13-5-4-6-13/h7-13,17-18H,3-6H2,1-2H3. The summed E-state index contributed by atoms with van der Waals surface area (Å²) in [6.07, 6.45) is 6.11. The fourth-order valence-corrected chi connectivity index (χ4v) is 2.89. The maximum Gasteiger partial charge on any atom is 0.0839 e. The molecule has 1 atom stereocenters. The number of benzene rings is 1. The summed E-state index contributed by atoms with van der Waals surface area (Å²) < 4.78 is 1.86. The third kappa shape index (κ3) is 2.63. The summed E-state index contributed by atoms with van der Waals surface area (Å²) in [4.78, 5) is 0. The van der Waals surface area contributed by atoms with Gasteiger partial charge in [-0.25, -0.2) is 0 Å². The summed E-state index contributed by atoms with van der Waals surface area (Å²) in [5.41, 5.74) is 3.88. The van der Waals surface area contributed by atoms with E-state index in [4.69, 9.17) is 0 Å². The Hall–Kier alpha value is -1.61. The molecule has 0 bridgehead atoms. The first-order valence-electron chi connectivity index (χ1n) is 7.60. The van der Waals surface area contributed by atoms with Crippen LogP contribution in [0, 0.1) is 0 Å². The van der Waals surface area contributed by atoms with Crippen LogP contribution in [0.15, 0.2) is 36.5 Å². The minimum atomic E-state index is 0.191. The summed E-state index contributed by atoms with van der Waals surface area (Å²) in [7, 11) is 1.96. The lowest BCUT2D eigenvalue weighted by Crippen LogP contribution is -2.22. The van der Waals surface area contributed by atoms with E-state index in [-0.39, 0.29) is 6.04 Å². The highest BCUT2D eigenvalue weighted by molar-refractivity contribution is 5.32. The molecule has 0 spiro atoms. The first-order chi connectivity index (χ1) is 9.78. The summed E-state index contributed by atoms with van der Waals surface area (Å²) in [5, 5.41) is 8.07. The summed E-state index contributed by atoms with van der Waals surface area (Å²) >= 11 is 0. The van der Waals surface area contributed by atoms with Crippen LogP contribution in [0.2, 0.25) is 0 Å². The van der Waals surface area contributed by atoms with Gasteiger partial charge in [-0.3, -0.25) is 4.68 Å². The van der Waals surface area contributed by atoms with Gasteiger partial charge in [-0.1, -0.05) is 37.6 Å². The average molecular weight is 269 g/mol. The topological polar surface area (TPSA) is 29.9 Å². The number of hydrogen-bond donors (Lipinski definition) is 1. The van der Waals surface area contributed by atoms with Gasteiger partial charge >= 0.3 is 0 Å². The van der Waals surface area contributed by atoms with Crippen molar-refractivity contribution in [1.29, 1.82) is 0 Å². The Kier molecular flexibility index (Phi) is 3.88. The molecule has 0 aliphatic heterocycles. The Morgan fingerprint density at radius 3 is 2.50 bits per heavy atom. The third-order valence-corrected chi connectivity index (χ3v) is 4.28. The lowest BCUT2D eigenvalue weighted by atomic mass is 9.80. The van der Waals surface area contributed by atoms with Crippen LogP contribution in [-0.4, -0.2) is 16.3 Å². The molecule has 0 amide bonds. The smallest absolute Gasteiger partial charge is 0.0839 e. The van der Waals surface area contributed by atoms with E-state index >= 15 is 0 Å². The molecule has 3 heteroatoms. The van der Waals surface area contributed by atoms with Crippen molar-refractivity contribution in [2.75, 3.05) is 6.54 Å². The number of rotatable bonds is 5. The van der Waals surface area contributed by atoms with Gasteiger partial charge in [-0.2, -0.15) is 5.10 Å². The number of aromatic nitrogens is 2. The summed E-state index contributed by atoms with van der Waals surface area (Å²) in [6, 6.07) is 11.4. The van der Waals surface area contributed by atoms with E-state index in [9.17, 15) is 0 Å². The van der Waals surface area contributed by atoms with E-state index in [1.54, 1.807) is 0 Å². The van der Waals surface area contributed by atoms with Gasteiger partial charge in [0.2, 0.25) is 0 Å². The van der Waals surface area contributed by atoms with Gasteiger partial charge in [-0.05, 0) is 42.5 Å². The lowest BCUT2D eigenvalue weighted by molar-refractivity contribution is 0.419. The molecule has 0 radical (unpaired) electrons. The molecular formula is C17H23N3. The van der Waals surface area contributed by atoms with Crippen molar-refractivity contribution < 1.29 is 0 Å². The Bertz CT molecular complexity index is 552. The van der Waals surface area contributed by atoms with Crippen molar-refractivity contribution in [2.45, 2.75) is 38.1 Å². The Balaban J connectivity index is 1.83. The predicted octanol–water partition coefficient (Wildman–Crippen LogP) is 3.39. The monoisotopic (exact) mass is 269 g/mol. The van der Waals surface area contributed by atoms with Crippen LogP contribution in [0.1, 0.15) is 55.0 Å². The Morgan fingerprint density at radius 2 is 2.00 bits per heavy atom. The molecule has 20 heavy (non-hydrogen) atoms. The van der Waals surface area contributed by atoms with Gasteiger partial charge in [0.25, 0.3) is 0 Å². The van der Waals surface area contributed by atoms with Crippen molar-refractivity contribution >= 4 is 0 Å². The quantitative estimate of drug-likeness (QED) is 0.901. The largest absolute Gasteiger partial charge is 0.305 e. The van der Waals surface area contributed by atoms with Crippen LogP contribution in [-0.2, 0) is 7.05 Å². The summed E-state index contributed by atoms with van der Waals surface area (Å²) in [5.74, 6) is 0.802. The van der Waals surface area contributed by atoms with Crippen molar-refractivity contribution in [3.8, 4) is 0 Å². The highest BCUT2D eigenvalue weighted by atomic mass is 15.3. The second kappa shape index (κ2) is 5.80. The fourth-order valence-electron chi connectivity index (χ4n) is 2.89. The van der Waals surface area contributed by atoms with Crippen LogP contribution in [0.4, 0.5) is 0 Å². The van der Waals surface area contributed by atoms with E-state index in [2.05, 4.69) is 47.7 Å². The number of hydrogen-bond acceptors (Lipinski definition) is 2. The molecular weight excluding hydrogens is 246 g/mol. The maximum absolute atomic E-state index is 4.55. The van der Waals surface area contributed by atoms with Crippen molar-refractivity contribution in [3.05, 3.63) is 53.3 Å². The Labute approximate surface area is 121 Å². The molecule has 1 heterocycles. The predicted molar refractivity (Wildman–Crippen MR) is 81.8 cm³/mol. The van der Waals surface area contributed by atoms with Crippen molar-refractivity contribution in [3.63, 3.8) is 0 Å². The first kappa shape index (κ1) is 13.4. The van der Waals surface area contributed by atoms with Crippen molar-refractivity contribution in [1.82, 2.24) is 15.1 Å². The lowest BCUT2D eigenvalue weighted by Gasteiger charge is -2.26. The average Bonchev–Trinajstić information content (AvgIpc) is 2.82. The van der Waals surface area contributed by atoms with E-state index < -0.39 is 0 Å². The molecule has 1 aromatic heterocycles. The highest BCUT2D eigenvalue weighted by Gasteiger charge is 2.20.